The minimum Gasteiger partial charge on any atom is -0.327 e. The second-order valence-corrected chi connectivity index (χ2v) is 5.06. The molecule has 1 aliphatic rings. The summed E-state index contributed by atoms with van der Waals surface area (Å²) in [5.41, 5.74) is 7.19. The van der Waals surface area contributed by atoms with E-state index in [0.717, 1.165) is 30.5 Å². The third-order valence-electron chi connectivity index (χ3n) is 2.71. The highest BCUT2D eigenvalue weighted by Crippen LogP contribution is 2.14. The van der Waals surface area contributed by atoms with E-state index >= 15 is 0 Å². The largest absolute Gasteiger partial charge is 0.327 e. The number of hydrogen-bond donors (Lipinski definition) is 1. The molecule has 82 valence electrons. The molecule has 1 aromatic rings. The van der Waals surface area contributed by atoms with Gasteiger partial charge in [-0.1, -0.05) is 0 Å². The Balaban J connectivity index is 1.96. The Morgan fingerprint density at radius 2 is 2.40 bits per heavy atom. The fraction of sp³-hybridized carbons (Fsp3) is 0.545. The molecule has 0 unspecified atom stereocenters. The van der Waals surface area contributed by atoms with Crippen LogP contribution in [0.1, 0.15) is 18.4 Å². The van der Waals surface area contributed by atoms with E-state index in [1.165, 1.54) is 12.0 Å². The van der Waals surface area contributed by atoms with Crippen LogP contribution in [0.2, 0.25) is 0 Å². The molecular weight excluding hydrogens is 254 g/mol. The van der Waals surface area contributed by atoms with E-state index in [1.54, 1.807) is 0 Å². The van der Waals surface area contributed by atoms with Gasteiger partial charge in [0.1, 0.15) is 0 Å². The second kappa shape index (κ2) is 5.05. The lowest BCUT2D eigenvalue weighted by molar-refractivity contribution is 0.201. The van der Waals surface area contributed by atoms with Crippen molar-refractivity contribution in [2.24, 2.45) is 5.73 Å². The van der Waals surface area contributed by atoms with Crippen LogP contribution < -0.4 is 5.73 Å². The van der Waals surface area contributed by atoms with E-state index in [9.17, 15) is 0 Å². The van der Waals surface area contributed by atoms with Gasteiger partial charge in [-0.3, -0.25) is 9.88 Å². The molecule has 0 spiro atoms. The molecule has 0 bridgehead atoms. The van der Waals surface area contributed by atoms with Crippen molar-refractivity contribution in [3.8, 4) is 0 Å². The fourth-order valence-corrected chi connectivity index (χ4v) is 2.45. The van der Waals surface area contributed by atoms with Crippen LogP contribution in [-0.2, 0) is 6.54 Å². The molecule has 2 heterocycles. The van der Waals surface area contributed by atoms with Gasteiger partial charge in [0.05, 0.1) is 0 Å². The summed E-state index contributed by atoms with van der Waals surface area (Å²) in [5, 5.41) is 0. The molecule has 0 amide bonds. The summed E-state index contributed by atoms with van der Waals surface area (Å²) in [7, 11) is 0. The van der Waals surface area contributed by atoms with E-state index in [1.807, 2.05) is 12.4 Å². The van der Waals surface area contributed by atoms with Gasteiger partial charge in [-0.2, -0.15) is 0 Å². The Morgan fingerprint density at radius 1 is 1.53 bits per heavy atom. The molecule has 1 atom stereocenters. The van der Waals surface area contributed by atoms with Gasteiger partial charge < -0.3 is 5.73 Å². The second-order valence-electron chi connectivity index (χ2n) is 4.15. The van der Waals surface area contributed by atoms with Crippen LogP contribution in [0.3, 0.4) is 0 Å². The van der Waals surface area contributed by atoms with E-state index in [2.05, 4.69) is 31.9 Å². The zero-order valence-corrected chi connectivity index (χ0v) is 10.3. The van der Waals surface area contributed by atoms with Crippen molar-refractivity contribution in [2.45, 2.75) is 25.4 Å². The zero-order valence-electron chi connectivity index (χ0n) is 8.69. The van der Waals surface area contributed by atoms with Crippen molar-refractivity contribution in [2.75, 3.05) is 13.1 Å². The van der Waals surface area contributed by atoms with Gasteiger partial charge in [0.25, 0.3) is 0 Å². The number of hydrogen-bond acceptors (Lipinski definition) is 3. The maximum Gasteiger partial charge on any atom is 0.0410 e. The third kappa shape index (κ3) is 3.26. The van der Waals surface area contributed by atoms with Crippen molar-refractivity contribution < 1.29 is 0 Å². The molecule has 2 N–H and O–H groups in total. The molecule has 0 saturated carbocycles. The predicted octanol–water partition coefficient (Wildman–Crippen LogP) is 1.77. The molecule has 0 radical (unpaired) electrons. The highest BCUT2D eigenvalue weighted by atomic mass is 79.9. The first-order chi connectivity index (χ1) is 7.24. The fourth-order valence-electron chi connectivity index (χ4n) is 2.04. The predicted molar refractivity (Wildman–Crippen MR) is 64.4 cm³/mol. The van der Waals surface area contributed by atoms with Gasteiger partial charge in [-0.25, -0.2) is 0 Å². The van der Waals surface area contributed by atoms with Crippen LogP contribution in [0, 0.1) is 0 Å². The smallest absolute Gasteiger partial charge is 0.0410 e. The van der Waals surface area contributed by atoms with Crippen LogP contribution in [0.4, 0.5) is 0 Å². The number of rotatable bonds is 2. The number of piperidine rings is 1. The summed E-state index contributed by atoms with van der Waals surface area (Å²) in [6.07, 6.45) is 6.10. The van der Waals surface area contributed by atoms with Crippen molar-refractivity contribution >= 4 is 15.9 Å². The van der Waals surface area contributed by atoms with E-state index < -0.39 is 0 Å². The van der Waals surface area contributed by atoms with Crippen molar-refractivity contribution in [3.63, 3.8) is 0 Å². The van der Waals surface area contributed by atoms with Gasteiger partial charge in [-0.05, 0) is 46.9 Å². The molecule has 1 aromatic heterocycles. The van der Waals surface area contributed by atoms with E-state index in [0.29, 0.717) is 6.04 Å². The summed E-state index contributed by atoms with van der Waals surface area (Å²) in [6.45, 7) is 3.12. The summed E-state index contributed by atoms with van der Waals surface area (Å²) < 4.78 is 1.04. The van der Waals surface area contributed by atoms with Gasteiger partial charge in [-0.15, -0.1) is 0 Å². The lowest BCUT2D eigenvalue weighted by Crippen LogP contribution is -2.42. The average Bonchev–Trinajstić information content (AvgIpc) is 2.17. The van der Waals surface area contributed by atoms with E-state index in [4.69, 9.17) is 5.73 Å². The number of halogens is 1. The van der Waals surface area contributed by atoms with Gasteiger partial charge in [0.2, 0.25) is 0 Å². The van der Waals surface area contributed by atoms with Gasteiger partial charge >= 0.3 is 0 Å². The molecule has 1 aliphatic heterocycles. The SMILES string of the molecule is N[C@@H]1CCCN(Cc2cncc(Br)c2)C1. The van der Waals surface area contributed by atoms with Crippen LogP contribution in [0.5, 0.6) is 0 Å². The molecule has 1 fully saturated rings. The number of nitrogens with two attached hydrogens (primary N) is 1. The summed E-state index contributed by atoms with van der Waals surface area (Å²) in [6, 6.07) is 2.46. The highest BCUT2D eigenvalue weighted by molar-refractivity contribution is 9.10. The summed E-state index contributed by atoms with van der Waals surface area (Å²) >= 11 is 3.43. The number of aromatic nitrogens is 1. The highest BCUT2D eigenvalue weighted by Gasteiger charge is 2.16. The Hall–Kier alpha value is -0.450. The number of nitrogens with zero attached hydrogens (tertiary/aromatic N) is 2. The Morgan fingerprint density at radius 3 is 3.13 bits per heavy atom. The molecule has 0 aromatic carbocycles. The number of likely N-dealkylation sites (tertiary alicyclic amines) is 1. The Kier molecular flexibility index (Phi) is 3.72. The Bertz CT molecular complexity index is 329. The van der Waals surface area contributed by atoms with Gasteiger partial charge in [0, 0.05) is 36.0 Å². The molecule has 0 aliphatic carbocycles. The first-order valence-electron chi connectivity index (χ1n) is 5.31. The third-order valence-corrected chi connectivity index (χ3v) is 3.14. The molecule has 2 rings (SSSR count). The topological polar surface area (TPSA) is 42.1 Å². The first kappa shape index (κ1) is 11.0. The lowest BCUT2D eigenvalue weighted by atomic mass is 10.1. The van der Waals surface area contributed by atoms with Crippen LogP contribution in [-0.4, -0.2) is 29.0 Å². The molecule has 3 nitrogen and oxygen atoms in total. The molecule has 15 heavy (non-hydrogen) atoms. The molecule has 1 saturated heterocycles. The lowest BCUT2D eigenvalue weighted by Gasteiger charge is -2.30. The Labute approximate surface area is 98.8 Å². The van der Waals surface area contributed by atoms with Crippen molar-refractivity contribution in [1.82, 2.24) is 9.88 Å². The van der Waals surface area contributed by atoms with Crippen LogP contribution >= 0.6 is 15.9 Å². The first-order valence-corrected chi connectivity index (χ1v) is 6.11. The molecule has 4 heteroatoms. The minimum absolute atomic E-state index is 0.346. The van der Waals surface area contributed by atoms with Gasteiger partial charge in [0.15, 0.2) is 0 Å². The van der Waals surface area contributed by atoms with Crippen molar-refractivity contribution in [3.05, 3.63) is 28.5 Å². The monoisotopic (exact) mass is 269 g/mol. The minimum atomic E-state index is 0.346. The molecular formula is C11H16BrN3. The zero-order chi connectivity index (χ0) is 10.7. The maximum atomic E-state index is 5.94. The van der Waals surface area contributed by atoms with Crippen LogP contribution in [0.15, 0.2) is 22.9 Å². The summed E-state index contributed by atoms with van der Waals surface area (Å²) in [5.74, 6) is 0. The van der Waals surface area contributed by atoms with Crippen molar-refractivity contribution in [1.29, 1.82) is 0 Å². The maximum absolute atomic E-state index is 5.94. The number of pyridine rings is 1. The normalized spacial score (nSPS) is 22.9. The standard InChI is InChI=1S/C11H16BrN3/c12-10-4-9(5-14-6-10)7-15-3-1-2-11(13)8-15/h4-6,11H,1-3,7-8,13H2/t11-/m1/s1. The van der Waals surface area contributed by atoms with E-state index in [-0.39, 0.29) is 0 Å². The van der Waals surface area contributed by atoms with Crippen LogP contribution in [0.25, 0.3) is 0 Å². The summed E-state index contributed by atoms with van der Waals surface area (Å²) in [4.78, 5) is 6.56. The quantitative estimate of drug-likeness (QED) is 0.890. The average molecular weight is 270 g/mol.